The number of phenolic OH excluding ortho intramolecular Hbond substituents is 1. The molecule has 3 aromatic rings. The number of unbranched alkanes of at least 4 members (excludes halogenated alkanes) is 1. The van der Waals surface area contributed by atoms with Crippen LogP contribution in [0.25, 0.3) is 33.4 Å². The van der Waals surface area contributed by atoms with E-state index in [-0.39, 0.29) is 71.4 Å². The molecule has 15 N–H and O–H groups in total. The monoisotopic (exact) mass is 1130 g/mol. The number of aliphatic carboxylic acids is 1. The lowest BCUT2D eigenvalue weighted by atomic mass is 9.89. The number of carbonyl (C=O) groups excluding carboxylic acids is 9. The number of aromatic nitrogens is 2. The lowest BCUT2D eigenvalue weighted by Crippen LogP contribution is -2.60. The van der Waals surface area contributed by atoms with Gasteiger partial charge in [0.25, 0.3) is 5.91 Å². The lowest BCUT2D eigenvalue weighted by molar-refractivity contribution is -0.138. The first-order chi connectivity index (χ1) is 38.2. The van der Waals surface area contributed by atoms with Crippen LogP contribution in [0.4, 0.5) is 0 Å². The van der Waals surface area contributed by atoms with E-state index in [0.29, 0.717) is 22.2 Å². The molecule has 0 radical (unpaired) electrons. The molecule has 2 aromatic carbocycles. The highest BCUT2D eigenvalue weighted by Crippen LogP contribution is 2.42. The molecule has 1 aliphatic carbocycles. The van der Waals surface area contributed by atoms with Crippen LogP contribution in [0.2, 0.25) is 0 Å². The Kier molecular flexibility index (Phi) is 21.7. The number of imidazole rings is 1. The molecule has 0 fully saturated rings. The van der Waals surface area contributed by atoms with Gasteiger partial charge in [0.2, 0.25) is 47.3 Å². The molecule has 0 bridgehead atoms. The first-order valence-electron chi connectivity index (χ1n) is 25.4. The van der Waals surface area contributed by atoms with Gasteiger partial charge in [0.1, 0.15) is 59.4 Å². The number of primary amides is 1. The molecule has 0 unspecified atom stereocenters. The van der Waals surface area contributed by atoms with Crippen molar-refractivity contribution in [3.05, 3.63) is 94.2 Å². The highest BCUT2D eigenvalue weighted by molar-refractivity contribution is 6.09. The van der Waals surface area contributed by atoms with E-state index in [9.17, 15) is 78.0 Å². The quantitative estimate of drug-likeness (QED) is 0.0212. The maximum absolute atomic E-state index is 13.7. The Morgan fingerprint density at radius 2 is 1.30 bits per heavy atom. The Morgan fingerprint density at radius 3 is 1.89 bits per heavy atom. The maximum Gasteiger partial charge on any atom is 0.336 e. The number of fused-ring (bicyclic) bond motifs is 2. The van der Waals surface area contributed by atoms with Gasteiger partial charge in [0.05, 0.1) is 18.0 Å². The van der Waals surface area contributed by atoms with Crippen molar-refractivity contribution in [2.45, 2.75) is 122 Å². The summed E-state index contributed by atoms with van der Waals surface area (Å²) in [6.45, 7) is 6.19. The number of aromatic amines is 1. The van der Waals surface area contributed by atoms with Gasteiger partial charge in [-0.15, -0.1) is 0 Å². The fourth-order valence-corrected chi connectivity index (χ4v) is 8.30. The minimum Gasteiger partial charge on any atom is -0.508 e. The van der Waals surface area contributed by atoms with Crippen LogP contribution in [0.1, 0.15) is 93.1 Å². The Hall–Kier alpha value is -9.73. The van der Waals surface area contributed by atoms with Crippen molar-refractivity contribution in [1.29, 1.82) is 0 Å². The Morgan fingerprint density at radius 1 is 0.679 bits per heavy atom. The number of rotatable bonds is 28. The number of nitrogens with zero attached hydrogens (tertiary/aromatic N) is 1. The van der Waals surface area contributed by atoms with Crippen molar-refractivity contribution in [3.63, 3.8) is 0 Å². The van der Waals surface area contributed by atoms with Crippen molar-refractivity contribution in [1.82, 2.24) is 52.5 Å². The fraction of sp³-hybridized carbons (Fsp3) is 0.377. The van der Waals surface area contributed by atoms with Gasteiger partial charge in [-0.1, -0.05) is 0 Å². The molecule has 2 heterocycles. The largest absolute Gasteiger partial charge is 0.508 e. The summed E-state index contributed by atoms with van der Waals surface area (Å²) < 4.78 is 5.88. The van der Waals surface area contributed by atoms with Crippen molar-refractivity contribution < 1.29 is 77.6 Å². The zero-order valence-corrected chi connectivity index (χ0v) is 44.5. The molecule has 0 saturated carbocycles. The number of aliphatic hydroxyl groups excluding tert-OH is 1. The standard InChI is InChI=1S/C53H63N11O17/c1-24(58-47(73)25(2)60-50(76)38(15-16-42(69)70)63-51(77)39(19-30-22-55-23-57-30)64-52(78)44(27(4)65)61-28(5)66)46(72)59-26(3)48(74)62-37(45(54)71)8-6-7-17-56-49(75)29-9-12-33(53(79)80)36(18-29)43-34-13-10-31(67)20-40(34)81-41-21-32(68)11-14-35(41)43/h9-14,18,20-27,37-39,44,65,67H,6-8,15-17,19H2,1-5H3,(H2,54,71)(H,55,57)(H,56,75)(H,58,73)(H,59,72)(H,60,76)(H,61,66)(H,62,74)(H,63,77)(H,64,78)(H,69,70)(H,79,80)/t24-,25-,26-,27+,37-,38-,39-,44-/m1/s1. The number of aromatic hydroxyl groups is 1. The van der Waals surface area contributed by atoms with E-state index >= 15 is 0 Å². The van der Waals surface area contributed by atoms with Crippen LogP contribution < -0.4 is 53.7 Å². The van der Waals surface area contributed by atoms with E-state index in [2.05, 4.69) is 52.5 Å². The second-order valence-electron chi connectivity index (χ2n) is 19.0. The maximum atomic E-state index is 13.7. The highest BCUT2D eigenvalue weighted by atomic mass is 16.4. The third-order valence-electron chi connectivity index (χ3n) is 12.6. The molecule has 28 nitrogen and oxygen atoms in total. The minimum atomic E-state index is -1.60. The molecule has 9 amide bonds. The topological polar surface area (TPSA) is 450 Å². The van der Waals surface area contributed by atoms with E-state index in [1.165, 1.54) is 94.8 Å². The molecule has 0 saturated heterocycles. The molecule has 28 heteroatoms. The third kappa shape index (κ3) is 17.4. The number of benzene rings is 3. The van der Waals surface area contributed by atoms with E-state index in [1.807, 2.05) is 0 Å². The number of amides is 9. The molecular weight excluding hydrogens is 1060 g/mol. The van der Waals surface area contributed by atoms with Gasteiger partial charge in [0, 0.05) is 72.4 Å². The van der Waals surface area contributed by atoms with Gasteiger partial charge in [0.15, 0.2) is 5.43 Å². The molecule has 81 heavy (non-hydrogen) atoms. The summed E-state index contributed by atoms with van der Waals surface area (Å²) in [5.41, 5.74) is 6.48. The summed E-state index contributed by atoms with van der Waals surface area (Å²) in [5, 5.41) is 59.6. The summed E-state index contributed by atoms with van der Waals surface area (Å²) in [7, 11) is 0. The predicted octanol–water partition coefficient (Wildman–Crippen LogP) is -0.961. The van der Waals surface area contributed by atoms with Gasteiger partial charge in [-0.25, -0.2) is 9.78 Å². The molecular formula is C53H63N11O17. The highest BCUT2D eigenvalue weighted by Gasteiger charge is 2.34. The number of nitrogens with two attached hydrogens (primary N) is 1. The summed E-state index contributed by atoms with van der Waals surface area (Å²) in [6, 6.07) is 2.39. The van der Waals surface area contributed by atoms with Crippen LogP contribution in [0, 0.1) is 0 Å². The van der Waals surface area contributed by atoms with Gasteiger partial charge >= 0.3 is 11.9 Å². The van der Waals surface area contributed by atoms with Crippen LogP contribution in [0.15, 0.2) is 76.3 Å². The molecule has 1 aromatic heterocycles. The average Bonchev–Trinajstić information content (AvgIpc) is 3.93. The van der Waals surface area contributed by atoms with Crippen LogP contribution >= 0.6 is 0 Å². The second kappa shape index (κ2) is 28.2. The zero-order chi connectivity index (χ0) is 59.8. The number of nitrogens with one attached hydrogen (secondary N) is 9. The molecule has 432 valence electrons. The summed E-state index contributed by atoms with van der Waals surface area (Å²) >= 11 is 0. The summed E-state index contributed by atoms with van der Waals surface area (Å²) in [4.78, 5) is 160. The van der Waals surface area contributed by atoms with Crippen LogP contribution in [0.3, 0.4) is 0 Å². The van der Waals surface area contributed by atoms with E-state index in [0.717, 1.165) is 6.92 Å². The Labute approximate surface area is 461 Å². The first kappa shape index (κ1) is 62.1. The van der Waals surface area contributed by atoms with E-state index in [1.54, 1.807) is 0 Å². The van der Waals surface area contributed by atoms with Crippen molar-refractivity contribution >= 4 is 76.1 Å². The number of hydrogen-bond donors (Lipinski definition) is 14. The Balaban J connectivity index is 1.12. The van der Waals surface area contributed by atoms with Gasteiger partial charge in [-0.3, -0.25) is 52.7 Å². The van der Waals surface area contributed by atoms with Crippen molar-refractivity contribution in [2.75, 3.05) is 6.54 Å². The smallest absolute Gasteiger partial charge is 0.336 e. The van der Waals surface area contributed by atoms with Crippen molar-refractivity contribution in [2.24, 2.45) is 5.73 Å². The lowest BCUT2D eigenvalue weighted by Gasteiger charge is -2.26. The first-order valence-corrected chi connectivity index (χ1v) is 25.4. The molecule has 0 spiro atoms. The van der Waals surface area contributed by atoms with Gasteiger partial charge < -0.3 is 78.1 Å². The summed E-state index contributed by atoms with van der Waals surface area (Å²) in [5.74, 6) is -10.4. The molecule has 5 rings (SSSR count). The van der Waals surface area contributed by atoms with E-state index in [4.69, 9.17) is 10.2 Å². The van der Waals surface area contributed by atoms with Crippen molar-refractivity contribution in [3.8, 4) is 28.2 Å². The second-order valence-corrected chi connectivity index (χ2v) is 19.0. The number of H-pyrrole nitrogens is 1. The number of hydrogen-bond acceptors (Lipinski definition) is 16. The van der Waals surface area contributed by atoms with Gasteiger partial charge in [-0.2, -0.15) is 0 Å². The number of aromatic carboxylic acids is 1. The number of phenols is 1. The number of aliphatic hydroxyl groups is 1. The summed E-state index contributed by atoms with van der Waals surface area (Å²) in [6.07, 6.45) is 0.440. The Bertz CT molecular complexity index is 3220. The number of carboxylic acids is 2. The van der Waals surface area contributed by atoms with Crippen LogP contribution in [0.5, 0.6) is 5.75 Å². The minimum absolute atomic E-state index is 0.0124. The van der Waals surface area contributed by atoms with Crippen LogP contribution in [-0.4, -0.2) is 150 Å². The zero-order valence-electron chi connectivity index (χ0n) is 44.5. The molecule has 2 aliphatic rings. The van der Waals surface area contributed by atoms with Crippen LogP contribution in [-0.2, 0) is 49.6 Å². The average molecular weight is 1130 g/mol. The number of carboxylic acid groups (broad SMARTS) is 2. The molecule has 1 aliphatic heterocycles. The normalized spacial score (nSPS) is 14.0. The van der Waals surface area contributed by atoms with Gasteiger partial charge in [-0.05, 0) is 101 Å². The fourth-order valence-electron chi connectivity index (χ4n) is 8.30. The number of carbonyl (C=O) groups is 11. The SMILES string of the molecule is CC(=O)N[C@@H](C(=O)N[C@H](Cc1cnc[nH]1)C(=O)N[C@H](CCC(=O)O)C(=O)N[C@H](C)C(=O)N[C@H](C)C(=O)N[C@H](C)C(=O)N[C@H](CCCCNC(=O)c1ccc(C(=O)O)c(-c2c3ccc(=O)cc-3oc3cc(O)ccc23)c1)C(N)=O)[C@H](C)O. The molecule has 8 atom stereocenters. The third-order valence-corrected chi connectivity index (χ3v) is 12.6. The predicted molar refractivity (Wildman–Crippen MR) is 286 cm³/mol. The van der Waals surface area contributed by atoms with E-state index < -0.39 is 126 Å².